The molecule has 0 saturated carbocycles. The standard InChI is InChI=1S/C25H22N4O4/c30-23(31)16-28-25(33)19-6-1-4-17(14-19)5-2-12-29-13-3-7-22(29)24(32)18-8-9-20-21(15-18)27-11-10-26-20/h1-10,13-15,27H,11-12,16H2,(H,28,33)(H,30,31)/b5-2+. The number of hydrogen-bond acceptors (Lipinski definition) is 5. The van der Waals surface area contributed by atoms with Crippen molar-refractivity contribution in [2.75, 3.05) is 18.4 Å². The van der Waals surface area contributed by atoms with Crippen LogP contribution in [0, 0.1) is 0 Å². The Kier molecular flexibility index (Phi) is 6.45. The Labute approximate surface area is 190 Å². The number of benzene rings is 2. The molecule has 8 nitrogen and oxygen atoms in total. The van der Waals surface area contributed by atoms with Gasteiger partial charge in [0, 0.05) is 30.1 Å². The van der Waals surface area contributed by atoms with Gasteiger partial charge in [0.25, 0.3) is 5.91 Å². The predicted octanol–water partition coefficient (Wildman–Crippen LogP) is 3.37. The lowest BCUT2D eigenvalue weighted by Gasteiger charge is -2.13. The van der Waals surface area contributed by atoms with Crippen molar-refractivity contribution in [3.63, 3.8) is 0 Å². The smallest absolute Gasteiger partial charge is 0.322 e. The molecule has 0 fully saturated rings. The first-order chi connectivity index (χ1) is 16.0. The molecule has 0 bridgehead atoms. The van der Waals surface area contributed by atoms with Crippen molar-refractivity contribution in [1.82, 2.24) is 9.88 Å². The number of allylic oxidation sites excluding steroid dienone is 1. The number of hydrogen-bond donors (Lipinski definition) is 3. The first-order valence-electron chi connectivity index (χ1n) is 10.4. The van der Waals surface area contributed by atoms with E-state index in [9.17, 15) is 14.4 Å². The number of carbonyl (C=O) groups excluding carboxylic acids is 2. The van der Waals surface area contributed by atoms with Crippen molar-refractivity contribution in [1.29, 1.82) is 0 Å². The fourth-order valence-electron chi connectivity index (χ4n) is 3.50. The summed E-state index contributed by atoms with van der Waals surface area (Å²) in [7, 11) is 0. The van der Waals surface area contributed by atoms with Crippen molar-refractivity contribution >= 4 is 41.3 Å². The number of carboxylic acids is 1. The van der Waals surface area contributed by atoms with Crippen LogP contribution >= 0.6 is 0 Å². The third kappa shape index (κ3) is 5.24. The van der Waals surface area contributed by atoms with Crippen LogP contribution in [0.25, 0.3) is 6.08 Å². The Hall–Kier alpha value is -4.46. The van der Waals surface area contributed by atoms with E-state index in [4.69, 9.17) is 5.11 Å². The lowest BCUT2D eigenvalue weighted by Crippen LogP contribution is -2.29. The third-order valence-corrected chi connectivity index (χ3v) is 5.10. The van der Waals surface area contributed by atoms with E-state index in [0.29, 0.717) is 29.9 Å². The maximum absolute atomic E-state index is 13.1. The van der Waals surface area contributed by atoms with Gasteiger partial charge in [0.1, 0.15) is 6.54 Å². The van der Waals surface area contributed by atoms with Gasteiger partial charge in [0.05, 0.1) is 23.6 Å². The molecular formula is C25H22N4O4. The van der Waals surface area contributed by atoms with Crippen molar-refractivity contribution in [3.8, 4) is 0 Å². The number of fused-ring (bicyclic) bond motifs is 1. The Morgan fingerprint density at radius 2 is 1.97 bits per heavy atom. The summed E-state index contributed by atoms with van der Waals surface area (Å²) >= 11 is 0. The molecule has 2 aromatic carbocycles. The van der Waals surface area contributed by atoms with E-state index in [-0.39, 0.29) is 5.78 Å². The zero-order valence-corrected chi connectivity index (χ0v) is 17.7. The van der Waals surface area contributed by atoms with Crippen LogP contribution in [0.4, 0.5) is 11.4 Å². The largest absolute Gasteiger partial charge is 0.480 e. The Bertz CT molecular complexity index is 1270. The van der Waals surface area contributed by atoms with Gasteiger partial charge in [-0.15, -0.1) is 0 Å². The van der Waals surface area contributed by atoms with Crippen LogP contribution in [-0.4, -0.2) is 46.6 Å². The summed E-state index contributed by atoms with van der Waals surface area (Å²) in [5.41, 5.74) is 3.98. The monoisotopic (exact) mass is 442 g/mol. The van der Waals surface area contributed by atoms with Gasteiger partial charge < -0.3 is 20.3 Å². The van der Waals surface area contributed by atoms with Crippen LogP contribution < -0.4 is 10.6 Å². The molecule has 1 aromatic heterocycles. The quantitative estimate of drug-likeness (QED) is 0.463. The van der Waals surface area contributed by atoms with Crippen LogP contribution in [0.2, 0.25) is 0 Å². The van der Waals surface area contributed by atoms with Gasteiger partial charge in [-0.2, -0.15) is 0 Å². The molecular weight excluding hydrogens is 420 g/mol. The van der Waals surface area contributed by atoms with Gasteiger partial charge in [-0.1, -0.05) is 24.3 Å². The molecule has 1 aliphatic heterocycles. The molecule has 3 N–H and O–H groups in total. The second-order valence-electron chi connectivity index (χ2n) is 7.40. The molecule has 0 unspecified atom stereocenters. The molecule has 4 rings (SSSR count). The van der Waals surface area contributed by atoms with Crippen molar-refractivity contribution in [2.45, 2.75) is 6.54 Å². The van der Waals surface area contributed by atoms with Gasteiger partial charge >= 0.3 is 5.97 Å². The summed E-state index contributed by atoms with van der Waals surface area (Å²) in [6.45, 7) is 0.669. The number of aliphatic carboxylic acids is 1. The highest BCUT2D eigenvalue weighted by atomic mass is 16.4. The molecule has 8 heteroatoms. The minimum Gasteiger partial charge on any atom is -0.480 e. The molecule has 0 atom stereocenters. The van der Waals surface area contributed by atoms with Crippen molar-refractivity contribution in [3.05, 3.63) is 89.3 Å². The molecule has 1 aliphatic rings. The fourth-order valence-corrected chi connectivity index (χ4v) is 3.50. The fraction of sp³-hybridized carbons (Fsp3) is 0.120. The minimum absolute atomic E-state index is 0.0790. The van der Waals surface area contributed by atoms with Gasteiger partial charge in [-0.05, 0) is 48.0 Å². The van der Waals surface area contributed by atoms with E-state index in [0.717, 1.165) is 16.9 Å². The highest BCUT2D eigenvalue weighted by molar-refractivity contribution is 6.09. The van der Waals surface area contributed by atoms with E-state index >= 15 is 0 Å². The minimum atomic E-state index is -1.10. The SMILES string of the molecule is O=C(O)CNC(=O)c1cccc(/C=C/Cn2cccc2C(=O)c2ccc3c(c2)NCC=N3)c1. The van der Waals surface area contributed by atoms with Crippen molar-refractivity contribution in [2.24, 2.45) is 4.99 Å². The van der Waals surface area contributed by atoms with E-state index in [1.807, 2.05) is 47.2 Å². The molecule has 33 heavy (non-hydrogen) atoms. The summed E-state index contributed by atoms with van der Waals surface area (Å²) in [4.78, 5) is 40.1. The molecule has 166 valence electrons. The first kappa shape index (κ1) is 21.8. The maximum atomic E-state index is 13.1. The maximum Gasteiger partial charge on any atom is 0.322 e. The third-order valence-electron chi connectivity index (χ3n) is 5.10. The normalized spacial score (nSPS) is 12.2. The summed E-state index contributed by atoms with van der Waals surface area (Å²) in [5.74, 6) is -1.63. The number of ketones is 1. The molecule has 3 aromatic rings. The number of carbonyl (C=O) groups is 3. The number of anilines is 1. The van der Waals surface area contributed by atoms with Gasteiger partial charge in [-0.25, -0.2) is 0 Å². The topological polar surface area (TPSA) is 113 Å². The second-order valence-corrected chi connectivity index (χ2v) is 7.40. The highest BCUT2D eigenvalue weighted by Crippen LogP contribution is 2.28. The molecule has 0 aliphatic carbocycles. The number of carboxylic acid groups (broad SMARTS) is 1. The van der Waals surface area contributed by atoms with Crippen LogP contribution in [0.15, 0.2) is 71.9 Å². The number of amides is 1. The number of nitrogens with one attached hydrogen (secondary N) is 2. The van der Waals surface area contributed by atoms with Gasteiger partial charge in [0.2, 0.25) is 5.78 Å². The van der Waals surface area contributed by atoms with Gasteiger partial charge in [-0.3, -0.25) is 19.4 Å². The lowest BCUT2D eigenvalue weighted by atomic mass is 10.1. The number of aliphatic imine (C=N–C) groups is 1. The Morgan fingerprint density at radius 3 is 2.82 bits per heavy atom. The number of rotatable bonds is 8. The van der Waals surface area contributed by atoms with E-state index in [1.165, 1.54) is 0 Å². The lowest BCUT2D eigenvalue weighted by molar-refractivity contribution is -0.135. The molecule has 0 radical (unpaired) electrons. The summed E-state index contributed by atoms with van der Waals surface area (Å²) in [6, 6.07) is 15.9. The van der Waals surface area contributed by atoms with Crippen LogP contribution in [0.1, 0.15) is 32.0 Å². The highest BCUT2D eigenvalue weighted by Gasteiger charge is 2.15. The first-order valence-corrected chi connectivity index (χ1v) is 10.4. The van der Waals surface area contributed by atoms with Crippen LogP contribution in [0.5, 0.6) is 0 Å². The average Bonchev–Trinajstić information content (AvgIpc) is 3.30. The molecule has 0 spiro atoms. The summed E-state index contributed by atoms with van der Waals surface area (Å²) in [5, 5.41) is 14.3. The number of aromatic nitrogens is 1. The molecule has 1 amide bonds. The van der Waals surface area contributed by atoms with Crippen molar-refractivity contribution < 1.29 is 19.5 Å². The zero-order valence-electron chi connectivity index (χ0n) is 17.7. The van der Waals surface area contributed by atoms with E-state index in [2.05, 4.69) is 15.6 Å². The second kappa shape index (κ2) is 9.78. The molecule has 0 saturated heterocycles. The Balaban J connectivity index is 1.45. The van der Waals surface area contributed by atoms with Gasteiger partial charge in [0.15, 0.2) is 0 Å². The van der Waals surface area contributed by atoms with E-state index in [1.54, 1.807) is 36.5 Å². The van der Waals surface area contributed by atoms with Crippen LogP contribution in [0.3, 0.4) is 0 Å². The van der Waals surface area contributed by atoms with Crippen LogP contribution in [-0.2, 0) is 11.3 Å². The average molecular weight is 442 g/mol. The van der Waals surface area contributed by atoms with E-state index < -0.39 is 18.4 Å². The number of nitrogens with zero attached hydrogens (tertiary/aromatic N) is 2. The molecule has 2 heterocycles. The summed E-state index contributed by atoms with van der Waals surface area (Å²) in [6.07, 6.45) is 7.38. The Morgan fingerprint density at radius 1 is 1.09 bits per heavy atom. The summed E-state index contributed by atoms with van der Waals surface area (Å²) < 4.78 is 1.85. The zero-order chi connectivity index (χ0) is 23.2. The predicted molar refractivity (Wildman–Crippen MR) is 126 cm³/mol.